The van der Waals surface area contributed by atoms with E-state index in [-0.39, 0.29) is 6.42 Å². The van der Waals surface area contributed by atoms with Crippen LogP contribution < -0.4 is 0 Å². The Morgan fingerprint density at radius 3 is 1.88 bits per heavy atom. The van der Waals surface area contributed by atoms with Gasteiger partial charge in [0, 0.05) is 6.42 Å². The Bertz CT molecular complexity index is 1010. The topological polar surface area (TPSA) is 37.3 Å². The van der Waals surface area contributed by atoms with Gasteiger partial charge < -0.3 is 5.11 Å². The summed E-state index contributed by atoms with van der Waals surface area (Å²) in [6, 6.07) is 27.4. The molecule has 25 heavy (non-hydrogen) atoms. The van der Waals surface area contributed by atoms with Gasteiger partial charge in [0.25, 0.3) is 0 Å². The zero-order valence-corrected chi connectivity index (χ0v) is 13.8. The third kappa shape index (κ3) is 2.99. The Morgan fingerprint density at radius 1 is 0.760 bits per heavy atom. The maximum atomic E-state index is 10.8. The van der Waals surface area contributed by atoms with Crippen LogP contribution in [0.1, 0.15) is 12.0 Å². The van der Waals surface area contributed by atoms with Gasteiger partial charge in [-0.3, -0.25) is 4.79 Å². The molecule has 0 heterocycles. The minimum absolute atomic E-state index is 0.163. The van der Waals surface area contributed by atoms with Crippen LogP contribution in [0, 0.1) is 0 Å². The highest BCUT2D eigenvalue weighted by atomic mass is 16.4. The third-order valence-corrected chi connectivity index (χ3v) is 4.64. The normalized spacial score (nSPS) is 11.0. The molecule has 0 amide bonds. The lowest BCUT2D eigenvalue weighted by Crippen LogP contribution is -1.97. The van der Waals surface area contributed by atoms with Crippen molar-refractivity contribution in [2.75, 3.05) is 0 Å². The molecule has 0 aromatic heterocycles. The molecule has 0 bridgehead atoms. The average Bonchev–Trinajstić information content (AvgIpc) is 2.65. The molecule has 2 heteroatoms. The maximum Gasteiger partial charge on any atom is 0.303 e. The van der Waals surface area contributed by atoms with Crippen LogP contribution in [0.4, 0.5) is 0 Å². The Balaban J connectivity index is 1.88. The van der Waals surface area contributed by atoms with Gasteiger partial charge in [0.05, 0.1) is 0 Å². The summed E-state index contributed by atoms with van der Waals surface area (Å²) in [7, 11) is 0. The van der Waals surface area contributed by atoms with Crippen LogP contribution in [0.25, 0.3) is 32.7 Å². The van der Waals surface area contributed by atoms with Gasteiger partial charge in [0.1, 0.15) is 0 Å². The van der Waals surface area contributed by atoms with Gasteiger partial charge in [-0.2, -0.15) is 0 Å². The van der Waals surface area contributed by atoms with Crippen LogP contribution in [0.5, 0.6) is 0 Å². The van der Waals surface area contributed by atoms with Crippen LogP contribution in [-0.2, 0) is 11.2 Å². The average molecular weight is 326 g/mol. The first-order chi connectivity index (χ1) is 12.2. The summed E-state index contributed by atoms with van der Waals surface area (Å²) in [5.41, 5.74) is 3.45. The maximum absolute atomic E-state index is 10.8. The molecule has 0 atom stereocenters. The summed E-state index contributed by atoms with van der Waals surface area (Å²) >= 11 is 0. The van der Waals surface area contributed by atoms with Crippen molar-refractivity contribution in [1.82, 2.24) is 0 Å². The number of carboxylic acid groups (broad SMARTS) is 1. The van der Waals surface area contributed by atoms with Crippen molar-refractivity contribution in [2.45, 2.75) is 12.8 Å². The van der Waals surface area contributed by atoms with E-state index in [1.54, 1.807) is 0 Å². The lowest BCUT2D eigenvalue weighted by molar-refractivity contribution is -0.136. The van der Waals surface area contributed by atoms with E-state index < -0.39 is 5.97 Å². The molecule has 0 fully saturated rings. The Labute approximate surface area is 146 Å². The van der Waals surface area contributed by atoms with Crippen LogP contribution in [-0.4, -0.2) is 11.1 Å². The summed E-state index contributed by atoms with van der Waals surface area (Å²) in [6.07, 6.45) is 0.725. The van der Waals surface area contributed by atoms with Gasteiger partial charge in [-0.15, -0.1) is 0 Å². The predicted octanol–water partition coefficient (Wildman–Crippen LogP) is 5.68. The summed E-state index contributed by atoms with van der Waals surface area (Å²) in [5.74, 6) is -0.760. The summed E-state index contributed by atoms with van der Waals surface area (Å²) < 4.78 is 0. The van der Waals surface area contributed by atoms with E-state index >= 15 is 0 Å². The minimum atomic E-state index is -0.760. The van der Waals surface area contributed by atoms with E-state index in [4.69, 9.17) is 5.11 Å². The standard InChI is InChI=1S/C23H18O2/c24-22(25)14-11-16-9-12-17(13-10-16)23-20-7-3-1-5-18(20)15-19-6-2-4-8-21(19)23/h1-10,12-13,15H,11,14H2,(H,24,25). The van der Waals surface area contributed by atoms with Crippen molar-refractivity contribution >= 4 is 27.5 Å². The number of benzene rings is 4. The molecule has 4 aromatic carbocycles. The van der Waals surface area contributed by atoms with Crippen molar-refractivity contribution in [2.24, 2.45) is 0 Å². The number of aryl methyl sites for hydroxylation is 1. The molecule has 0 saturated carbocycles. The third-order valence-electron chi connectivity index (χ3n) is 4.64. The number of hydrogen-bond donors (Lipinski definition) is 1. The zero-order chi connectivity index (χ0) is 17.2. The van der Waals surface area contributed by atoms with E-state index in [2.05, 4.69) is 66.7 Å². The molecule has 0 radical (unpaired) electrons. The van der Waals surface area contributed by atoms with Gasteiger partial charge in [0.2, 0.25) is 0 Å². The van der Waals surface area contributed by atoms with E-state index in [1.807, 2.05) is 12.1 Å². The molecule has 0 aliphatic rings. The van der Waals surface area contributed by atoms with Crippen molar-refractivity contribution in [3.8, 4) is 11.1 Å². The number of aliphatic carboxylic acids is 1. The Hall–Kier alpha value is -3.13. The van der Waals surface area contributed by atoms with Crippen molar-refractivity contribution in [1.29, 1.82) is 0 Å². The van der Waals surface area contributed by atoms with Crippen molar-refractivity contribution < 1.29 is 9.90 Å². The van der Waals surface area contributed by atoms with Gasteiger partial charge in [-0.05, 0) is 50.7 Å². The quantitative estimate of drug-likeness (QED) is 0.490. The zero-order valence-electron chi connectivity index (χ0n) is 13.8. The van der Waals surface area contributed by atoms with Gasteiger partial charge in [-0.25, -0.2) is 0 Å². The van der Waals surface area contributed by atoms with Gasteiger partial charge in [-0.1, -0.05) is 72.8 Å². The lowest BCUT2D eigenvalue weighted by Gasteiger charge is -2.12. The highest BCUT2D eigenvalue weighted by molar-refractivity contribution is 6.12. The highest BCUT2D eigenvalue weighted by Gasteiger charge is 2.09. The van der Waals surface area contributed by atoms with E-state index in [0.717, 1.165) is 11.1 Å². The smallest absolute Gasteiger partial charge is 0.303 e. The number of carboxylic acids is 1. The molecule has 2 nitrogen and oxygen atoms in total. The Kier molecular flexibility index (Phi) is 3.95. The number of rotatable bonds is 4. The first kappa shape index (κ1) is 15.4. The van der Waals surface area contributed by atoms with Crippen molar-refractivity contribution in [3.63, 3.8) is 0 Å². The fourth-order valence-corrected chi connectivity index (χ4v) is 3.41. The molecule has 4 aromatic rings. The second kappa shape index (κ2) is 6.40. The first-order valence-electron chi connectivity index (χ1n) is 8.44. The van der Waals surface area contributed by atoms with Crippen LogP contribution in [0.15, 0.2) is 78.9 Å². The fraction of sp³-hybridized carbons (Fsp3) is 0.0870. The summed E-state index contributed by atoms with van der Waals surface area (Å²) in [5, 5.41) is 13.8. The predicted molar refractivity (Wildman–Crippen MR) is 103 cm³/mol. The largest absolute Gasteiger partial charge is 0.481 e. The molecule has 4 rings (SSSR count). The van der Waals surface area contributed by atoms with E-state index in [9.17, 15) is 4.79 Å². The minimum Gasteiger partial charge on any atom is -0.481 e. The molecule has 0 spiro atoms. The fourth-order valence-electron chi connectivity index (χ4n) is 3.41. The molecule has 122 valence electrons. The highest BCUT2D eigenvalue weighted by Crippen LogP contribution is 2.36. The molecular weight excluding hydrogens is 308 g/mol. The van der Waals surface area contributed by atoms with Crippen LogP contribution in [0.2, 0.25) is 0 Å². The van der Waals surface area contributed by atoms with Gasteiger partial charge in [0.15, 0.2) is 0 Å². The monoisotopic (exact) mass is 326 g/mol. The molecule has 0 unspecified atom stereocenters. The number of hydrogen-bond acceptors (Lipinski definition) is 1. The van der Waals surface area contributed by atoms with Crippen molar-refractivity contribution in [3.05, 3.63) is 84.4 Å². The SMILES string of the molecule is O=C(O)CCc1ccc(-c2c3ccccc3cc3ccccc23)cc1. The Morgan fingerprint density at radius 2 is 1.32 bits per heavy atom. The van der Waals surface area contributed by atoms with Crippen LogP contribution in [0.3, 0.4) is 0 Å². The molecular formula is C23H18O2. The molecule has 0 saturated heterocycles. The van der Waals surface area contributed by atoms with Gasteiger partial charge >= 0.3 is 5.97 Å². The second-order valence-electron chi connectivity index (χ2n) is 6.28. The lowest BCUT2D eigenvalue weighted by atomic mass is 9.91. The number of carbonyl (C=O) groups is 1. The van der Waals surface area contributed by atoms with Crippen LogP contribution >= 0.6 is 0 Å². The first-order valence-corrected chi connectivity index (χ1v) is 8.44. The molecule has 1 N–H and O–H groups in total. The molecule has 0 aliphatic heterocycles. The number of fused-ring (bicyclic) bond motifs is 2. The van der Waals surface area contributed by atoms with E-state index in [0.29, 0.717) is 6.42 Å². The summed E-state index contributed by atoms with van der Waals surface area (Å²) in [4.78, 5) is 10.8. The second-order valence-corrected chi connectivity index (χ2v) is 6.28. The summed E-state index contributed by atoms with van der Waals surface area (Å²) in [6.45, 7) is 0. The van der Waals surface area contributed by atoms with E-state index in [1.165, 1.54) is 27.1 Å². The molecule has 0 aliphatic carbocycles.